The van der Waals surface area contributed by atoms with E-state index in [1.165, 1.54) is 13.0 Å². The molecule has 0 aromatic carbocycles. The number of carbonyl (C=O) groups is 2. The van der Waals surface area contributed by atoms with E-state index in [9.17, 15) is 9.59 Å². The molecule has 0 fully saturated rings. The number of unbranched alkanes of at least 4 members (excludes halogenated alkanes) is 2. The molecule has 0 aliphatic carbocycles. The number of hydrogen-bond donors (Lipinski definition) is 4. The van der Waals surface area contributed by atoms with E-state index in [2.05, 4.69) is 0 Å². The van der Waals surface area contributed by atoms with Crippen LogP contribution in [0.3, 0.4) is 0 Å². The number of aliphatic hydroxyl groups is 2. The van der Waals surface area contributed by atoms with Gasteiger partial charge in [-0.15, -0.1) is 0 Å². The van der Waals surface area contributed by atoms with Crippen LogP contribution in [0.5, 0.6) is 0 Å². The van der Waals surface area contributed by atoms with Gasteiger partial charge >= 0.3 is 11.9 Å². The van der Waals surface area contributed by atoms with Gasteiger partial charge in [-0.2, -0.15) is 0 Å². The summed E-state index contributed by atoms with van der Waals surface area (Å²) in [6.07, 6.45) is 4.33. The van der Waals surface area contributed by atoms with Crippen molar-refractivity contribution in [3.05, 3.63) is 11.6 Å². The highest BCUT2D eigenvalue weighted by atomic mass is 16.4. The Balaban J connectivity index is 0. The lowest BCUT2D eigenvalue weighted by Gasteiger charge is -1.92. The largest absolute Gasteiger partial charge is 0.481 e. The Hall–Kier alpha value is -1.40. The van der Waals surface area contributed by atoms with Crippen LogP contribution < -0.4 is 0 Å². The van der Waals surface area contributed by atoms with Gasteiger partial charge in [-0.05, 0) is 26.2 Å². The summed E-state index contributed by atoms with van der Waals surface area (Å²) < 4.78 is 0. The first-order valence-electron chi connectivity index (χ1n) is 5.79. The molecule has 106 valence electrons. The van der Waals surface area contributed by atoms with Crippen LogP contribution in [0.25, 0.3) is 0 Å². The number of hydrogen-bond acceptors (Lipinski definition) is 4. The lowest BCUT2D eigenvalue weighted by Crippen LogP contribution is -1.95. The second kappa shape index (κ2) is 13.7. The summed E-state index contributed by atoms with van der Waals surface area (Å²) in [6, 6.07) is 0. The van der Waals surface area contributed by atoms with Crippen molar-refractivity contribution in [3.8, 4) is 0 Å². The van der Waals surface area contributed by atoms with Crippen molar-refractivity contribution in [2.24, 2.45) is 0 Å². The fourth-order valence-corrected chi connectivity index (χ4v) is 0.933. The molecule has 0 radical (unpaired) electrons. The van der Waals surface area contributed by atoms with Crippen LogP contribution >= 0.6 is 0 Å². The smallest absolute Gasteiger partial charge is 0.330 e. The maximum atomic E-state index is 10.1. The molecular weight excluding hydrogens is 240 g/mol. The monoisotopic (exact) mass is 262 g/mol. The Bertz CT molecular complexity index is 259. The van der Waals surface area contributed by atoms with Crippen molar-refractivity contribution < 1.29 is 30.0 Å². The van der Waals surface area contributed by atoms with Gasteiger partial charge in [-0.25, -0.2) is 4.79 Å². The molecular formula is C12H22O6. The van der Waals surface area contributed by atoms with Gasteiger partial charge in [0.25, 0.3) is 0 Å². The Labute approximate surface area is 107 Å². The summed E-state index contributed by atoms with van der Waals surface area (Å²) in [7, 11) is 0. The number of carboxylic acid groups (broad SMARTS) is 2. The minimum Gasteiger partial charge on any atom is -0.481 e. The zero-order valence-electron chi connectivity index (χ0n) is 10.6. The summed E-state index contributed by atoms with van der Waals surface area (Å²) in [4.78, 5) is 20.0. The average molecular weight is 262 g/mol. The van der Waals surface area contributed by atoms with E-state index in [1.54, 1.807) is 0 Å². The van der Waals surface area contributed by atoms with E-state index in [1.807, 2.05) is 0 Å². The second-order valence-corrected chi connectivity index (χ2v) is 3.63. The van der Waals surface area contributed by atoms with Crippen LogP contribution in [0, 0.1) is 0 Å². The second-order valence-electron chi connectivity index (χ2n) is 3.63. The van der Waals surface area contributed by atoms with E-state index in [-0.39, 0.29) is 25.2 Å². The molecule has 0 saturated heterocycles. The summed E-state index contributed by atoms with van der Waals surface area (Å²) in [6.45, 7) is 1.67. The van der Waals surface area contributed by atoms with E-state index in [0.717, 1.165) is 6.42 Å². The SMILES string of the molecule is CC(=CCCO)C(=O)O.O=C(O)CCCCCO. The first kappa shape index (κ1) is 19.0. The molecule has 0 saturated carbocycles. The highest BCUT2D eigenvalue weighted by Gasteiger charge is 1.96. The number of aliphatic hydroxyl groups excluding tert-OH is 2. The Morgan fingerprint density at radius 3 is 2.00 bits per heavy atom. The maximum Gasteiger partial charge on any atom is 0.330 e. The number of carboxylic acids is 2. The molecule has 0 atom stereocenters. The van der Waals surface area contributed by atoms with Gasteiger partial charge in [-0.3, -0.25) is 4.79 Å². The molecule has 0 spiro atoms. The third kappa shape index (κ3) is 17.0. The lowest BCUT2D eigenvalue weighted by molar-refractivity contribution is -0.137. The molecule has 0 heterocycles. The first-order valence-corrected chi connectivity index (χ1v) is 5.79. The molecule has 0 aromatic heterocycles. The maximum absolute atomic E-state index is 10.1. The Morgan fingerprint density at radius 1 is 1.00 bits per heavy atom. The van der Waals surface area contributed by atoms with Crippen molar-refractivity contribution in [2.45, 2.75) is 39.0 Å². The molecule has 6 heteroatoms. The van der Waals surface area contributed by atoms with Gasteiger partial charge in [0.1, 0.15) is 0 Å². The first-order chi connectivity index (χ1) is 8.45. The van der Waals surface area contributed by atoms with Crippen LogP contribution in [0.15, 0.2) is 11.6 Å². The van der Waals surface area contributed by atoms with Gasteiger partial charge in [0.15, 0.2) is 0 Å². The predicted molar refractivity (Wildman–Crippen MR) is 66.3 cm³/mol. The third-order valence-electron chi connectivity index (χ3n) is 1.97. The van der Waals surface area contributed by atoms with Crippen molar-refractivity contribution in [1.29, 1.82) is 0 Å². The normalized spacial score (nSPS) is 10.5. The molecule has 0 aliphatic heterocycles. The quantitative estimate of drug-likeness (QED) is 0.383. The molecule has 0 aliphatic rings. The standard InChI is InChI=1S/C6H10O3.C6H12O3/c1-5(6(8)9)3-2-4-7;7-5-3-1-2-4-6(8)9/h3,7H,2,4H2,1H3,(H,8,9);7H,1-5H2,(H,8,9). The molecule has 0 aromatic rings. The lowest BCUT2D eigenvalue weighted by atomic mass is 10.2. The zero-order valence-corrected chi connectivity index (χ0v) is 10.6. The van der Waals surface area contributed by atoms with E-state index >= 15 is 0 Å². The summed E-state index contributed by atoms with van der Waals surface area (Å²) >= 11 is 0. The Morgan fingerprint density at radius 2 is 1.61 bits per heavy atom. The van der Waals surface area contributed by atoms with Gasteiger partial charge in [0.2, 0.25) is 0 Å². The van der Waals surface area contributed by atoms with Gasteiger partial charge < -0.3 is 20.4 Å². The van der Waals surface area contributed by atoms with Crippen LogP contribution in [-0.4, -0.2) is 45.6 Å². The molecule has 0 rings (SSSR count). The molecule has 4 N–H and O–H groups in total. The Kier molecular flexibility index (Phi) is 14.4. The van der Waals surface area contributed by atoms with E-state index in [0.29, 0.717) is 19.3 Å². The average Bonchev–Trinajstić information content (AvgIpc) is 2.32. The minimum absolute atomic E-state index is 0.00458. The van der Waals surface area contributed by atoms with Crippen LogP contribution in [0.4, 0.5) is 0 Å². The summed E-state index contributed by atoms with van der Waals surface area (Å²) in [5.41, 5.74) is 0.282. The number of rotatable bonds is 8. The van der Waals surface area contributed by atoms with Crippen molar-refractivity contribution >= 4 is 11.9 Å². The summed E-state index contributed by atoms with van der Waals surface area (Å²) in [5, 5.41) is 33.0. The van der Waals surface area contributed by atoms with Crippen molar-refractivity contribution in [3.63, 3.8) is 0 Å². The van der Waals surface area contributed by atoms with Gasteiger partial charge in [0.05, 0.1) is 0 Å². The van der Waals surface area contributed by atoms with Crippen LogP contribution in [0.1, 0.15) is 39.0 Å². The summed E-state index contributed by atoms with van der Waals surface area (Å²) in [5.74, 6) is -1.68. The highest BCUT2D eigenvalue weighted by Crippen LogP contribution is 1.97. The van der Waals surface area contributed by atoms with Gasteiger partial charge in [-0.1, -0.05) is 12.5 Å². The minimum atomic E-state index is -0.927. The van der Waals surface area contributed by atoms with E-state index < -0.39 is 11.9 Å². The number of aliphatic carboxylic acids is 2. The topological polar surface area (TPSA) is 115 Å². The van der Waals surface area contributed by atoms with Gasteiger partial charge in [0, 0.05) is 25.2 Å². The molecule has 0 amide bonds. The fourth-order valence-electron chi connectivity index (χ4n) is 0.933. The van der Waals surface area contributed by atoms with Crippen molar-refractivity contribution in [2.75, 3.05) is 13.2 Å². The molecule has 0 unspecified atom stereocenters. The molecule has 0 bridgehead atoms. The zero-order chi connectivity index (χ0) is 14.4. The van der Waals surface area contributed by atoms with Crippen LogP contribution in [-0.2, 0) is 9.59 Å². The molecule has 6 nitrogen and oxygen atoms in total. The van der Waals surface area contributed by atoms with E-state index in [4.69, 9.17) is 20.4 Å². The predicted octanol–water partition coefficient (Wildman–Crippen LogP) is 1.02. The molecule has 18 heavy (non-hydrogen) atoms. The highest BCUT2D eigenvalue weighted by molar-refractivity contribution is 5.85. The van der Waals surface area contributed by atoms with Crippen LogP contribution in [0.2, 0.25) is 0 Å². The third-order valence-corrected chi connectivity index (χ3v) is 1.97. The van der Waals surface area contributed by atoms with Crippen molar-refractivity contribution in [1.82, 2.24) is 0 Å². The fraction of sp³-hybridized carbons (Fsp3) is 0.667.